The molecule has 0 radical (unpaired) electrons. The molecule has 82 valence electrons. The van der Waals surface area contributed by atoms with Crippen LogP contribution in [0.2, 0.25) is 5.15 Å². The standard InChI is InChI=1S/C10H13ClN2OS/c1-15(14)10(5-6-10)7-12-9-4-2-3-8(11)13-9/h2-4H,5-7H2,1H3,(H,12,13). The highest BCUT2D eigenvalue weighted by atomic mass is 35.5. The minimum atomic E-state index is -0.767. The lowest BCUT2D eigenvalue weighted by molar-refractivity contribution is 0.674. The van der Waals surface area contributed by atoms with Crippen molar-refractivity contribution < 1.29 is 4.21 Å². The molecule has 1 N–H and O–H groups in total. The topological polar surface area (TPSA) is 42.0 Å². The zero-order valence-electron chi connectivity index (χ0n) is 8.50. The van der Waals surface area contributed by atoms with Gasteiger partial charge in [0.15, 0.2) is 0 Å². The smallest absolute Gasteiger partial charge is 0.131 e. The molecule has 0 amide bonds. The second-order valence-electron chi connectivity index (χ2n) is 3.84. The summed E-state index contributed by atoms with van der Waals surface area (Å²) >= 11 is 5.76. The van der Waals surface area contributed by atoms with E-state index in [-0.39, 0.29) is 4.75 Å². The van der Waals surface area contributed by atoms with Crippen molar-refractivity contribution >= 4 is 28.2 Å². The maximum absolute atomic E-state index is 11.4. The molecule has 1 unspecified atom stereocenters. The number of rotatable bonds is 4. The number of nitrogens with zero attached hydrogens (tertiary/aromatic N) is 1. The fourth-order valence-corrected chi connectivity index (χ4v) is 2.58. The molecule has 1 saturated carbocycles. The Morgan fingerprint density at radius 3 is 2.87 bits per heavy atom. The molecular weight excluding hydrogens is 232 g/mol. The van der Waals surface area contributed by atoms with Crippen molar-refractivity contribution in [3.63, 3.8) is 0 Å². The summed E-state index contributed by atoms with van der Waals surface area (Å²) in [4.78, 5) is 4.12. The van der Waals surface area contributed by atoms with E-state index in [0.29, 0.717) is 11.7 Å². The summed E-state index contributed by atoms with van der Waals surface area (Å²) in [6.45, 7) is 0.712. The number of pyridine rings is 1. The van der Waals surface area contributed by atoms with Gasteiger partial charge in [-0.3, -0.25) is 4.21 Å². The SMILES string of the molecule is CS(=O)C1(CNc2cccc(Cl)n2)CC1. The number of anilines is 1. The lowest BCUT2D eigenvalue weighted by Crippen LogP contribution is -2.26. The Hall–Kier alpha value is -0.610. The first-order chi connectivity index (χ1) is 7.12. The second kappa shape index (κ2) is 4.10. The van der Waals surface area contributed by atoms with Gasteiger partial charge in [-0.25, -0.2) is 4.98 Å². The van der Waals surface area contributed by atoms with E-state index in [9.17, 15) is 4.21 Å². The van der Waals surface area contributed by atoms with Crippen molar-refractivity contribution in [2.75, 3.05) is 18.1 Å². The molecule has 0 saturated heterocycles. The van der Waals surface area contributed by atoms with E-state index >= 15 is 0 Å². The van der Waals surface area contributed by atoms with Gasteiger partial charge in [0.2, 0.25) is 0 Å². The Kier molecular flexibility index (Phi) is 2.98. The Labute approximate surface area is 96.7 Å². The van der Waals surface area contributed by atoms with Crippen molar-refractivity contribution in [2.45, 2.75) is 17.6 Å². The molecule has 3 nitrogen and oxygen atoms in total. The van der Waals surface area contributed by atoms with E-state index < -0.39 is 10.8 Å². The van der Waals surface area contributed by atoms with Gasteiger partial charge >= 0.3 is 0 Å². The van der Waals surface area contributed by atoms with Crippen LogP contribution in [0.1, 0.15) is 12.8 Å². The van der Waals surface area contributed by atoms with Gasteiger partial charge in [-0.15, -0.1) is 0 Å². The van der Waals surface area contributed by atoms with Crippen molar-refractivity contribution in [1.29, 1.82) is 0 Å². The van der Waals surface area contributed by atoms with Crippen molar-refractivity contribution in [2.24, 2.45) is 0 Å². The Balaban J connectivity index is 1.96. The van der Waals surface area contributed by atoms with Gasteiger partial charge in [0.1, 0.15) is 11.0 Å². The molecule has 1 aromatic heterocycles. The quantitative estimate of drug-likeness (QED) is 0.825. The fourth-order valence-electron chi connectivity index (χ4n) is 1.46. The van der Waals surface area contributed by atoms with Crippen molar-refractivity contribution in [1.82, 2.24) is 4.98 Å². The Bertz CT molecular complexity index is 393. The summed E-state index contributed by atoms with van der Waals surface area (Å²) in [7, 11) is -0.767. The van der Waals surface area contributed by atoms with Crippen LogP contribution in [0.5, 0.6) is 0 Å². The summed E-state index contributed by atoms with van der Waals surface area (Å²) in [6, 6.07) is 5.44. The molecule has 1 aliphatic rings. The summed E-state index contributed by atoms with van der Waals surface area (Å²) < 4.78 is 11.4. The average Bonchev–Trinajstić information content (AvgIpc) is 2.96. The minimum Gasteiger partial charge on any atom is -0.369 e. The van der Waals surface area contributed by atoms with E-state index in [1.54, 1.807) is 12.3 Å². The highest BCUT2D eigenvalue weighted by molar-refractivity contribution is 7.86. The third kappa shape index (κ3) is 2.49. The van der Waals surface area contributed by atoms with Gasteiger partial charge < -0.3 is 5.32 Å². The van der Waals surface area contributed by atoms with Crippen LogP contribution in [0, 0.1) is 0 Å². The molecule has 1 heterocycles. The van der Waals surface area contributed by atoms with E-state index in [1.807, 2.05) is 12.1 Å². The highest BCUT2D eigenvalue weighted by Gasteiger charge is 2.46. The maximum atomic E-state index is 11.4. The van der Waals surface area contributed by atoms with Gasteiger partial charge in [0, 0.05) is 23.6 Å². The van der Waals surface area contributed by atoms with Crippen molar-refractivity contribution in [3.05, 3.63) is 23.4 Å². The molecule has 0 bridgehead atoms. The summed E-state index contributed by atoms with van der Waals surface area (Å²) in [5, 5.41) is 3.66. The second-order valence-corrected chi connectivity index (χ2v) is 6.00. The molecular formula is C10H13ClN2OS. The van der Waals surface area contributed by atoms with E-state index in [0.717, 1.165) is 18.7 Å². The molecule has 1 aromatic rings. The van der Waals surface area contributed by atoms with Gasteiger partial charge in [0.05, 0.1) is 4.75 Å². The molecule has 2 rings (SSSR count). The van der Waals surface area contributed by atoms with Crippen LogP contribution in [-0.4, -0.2) is 26.7 Å². The Morgan fingerprint density at radius 2 is 2.33 bits per heavy atom. The predicted molar refractivity (Wildman–Crippen MR) is 63.8 cm³/mol. The summed E-state index contributed by atoms with van der Waals surface area (Å²) in [6.07, 6.45) is 3.83. The normalized spacial score (nSPS) is 19.6. The van der Waals surface area contributed by atoms with E-state index in [2.05, 4.69) is 10.3 Å². The van der Waals surface area contributed by atoms with Crippen LogP contribution in [0.25, 0.3) is 0 Å². The molecule has 1 fully saturated rings. The molecule has 1 atom stereocenters. The Morgan fingerprint density at radius 1 is 1.60 bits per heavy atom. The third-order valence-corrected chi connectivity index (χ3v) is 4.71. The lowest BCUT2D eigenvalue weighted by atomic mass is 10.4. The summed E-state index contributed by atoms with van der Waals surface area (Å²) in [5.74, 6) is 0.749. The van der Waals surface area contributed by atoms with Crippen LogP contribution in [0.3, 0.4) is 0 Å². The number of hydrogen-bond acceptors (Lipinski definition) is 3. The lowest BCUT2D eigenvalue weighted by Gasteiger charge is -2.13. The number of nitrogens with one attached hydrogen (secondary N) is 1. The molecule has 0 aliphatic heterocycles. The van der Waals surface area contributed by atoms with Gasteiger partial charge in [-0.1, -0.05) is 17.7 Å². The molecule has 0 spiro atoms. The van der Waals surface area contributed by atoms with Crippen LogP contribution < -0.4 is 5.32 Å². The van der Waals surface area contributed by atoms with E-state index in [1.165, 1.54) is 0 Å². The van der Waals surface area contributed by atoms with Gasteiger partial charge in [0.25, 0.3) is 0 Å². The monoisotopic (exact) mass is 244 g/mol. The van der Waals surface area contributed by atoms with Gasteiger partial charge in [-0.2, -0.15) is 0 Å². The number of aromatic nitrogens is 1. The largest absolute Gasteiger partial charge is 0.369 e. The fraction of sp³-hybridized carbons (Fsp3) is 0.500. The molecule has 1 aliphatic carbocycles. The van der Waals surface area contributed by atoms with Crippen LogP contribution >= 0.6 is 11.6 Å². The molecule has 5 heteroatoms. The predicted octanol–water partition coefficient (Wildman–Crippen LogP) is 2.06. The molecule has 15 heavy (non-hydrogen) atoms. The summed E-state index contributed by atoms with van der Waals surface area (Å²) in [5.41, 5.74) is 0. The van der Waals surface area contributed by atoms with Crippen LogP contribution in [0.15, 0.2) is 18.2 Å². The van der Waals surface area contributed by atoms with Gasteiger partial charge in [-0.05, 0) is 25.0 Å². The molecule has 0 aromatic carbocycles. The zero-order chi connectivity index (χ0) is 10.9. The van der Waals surface area contributed by atoms with E-state index in [4.69, 9.17) is 11.6 Å². The zero-order valence-corrected chi connectivity index (χ0v) is 10.1. The maximum Gasteiger partial charge on any atom is 0.131 e. The first-order valence-electron chi connectivity index (χ1n) is 4.82. The highest BCUT2D eigenvalue weighted by Crippen LogP contribution is 2.40. The number of halogens is 1. The van der Waals surface area contributed by atoms with Crippen LogP contribution in [0.4, 0.5) is 5.82 Å². The average molecular weight is 245 g/mol. The minimum absolute atomic E-state index is 0.0238. The third-order valence-electron chi connectivity index (χ3n) is 2.72. The number of hydrogen-bond donors (Lipinski definition) is 1. The first kappa shape index (κ1) is 10.9. The van der Waals surface area contributed by atoms with Crippen LogP contribution in [-0.2, 0) is 10.8 Å². The van der Waals surface area contributed by atoms with Crippen molar-refractivity contribution in [3.8, 4) is 0 Å². The first-order valence-corrected chi connectivity index (χ1v) is 6.76.